The molecule has 1 aliphatic carbocycles. The molecule has 4 aromatic rings. The Labute approximate surface area is 257 Å². The van der Waals surface area contributed by atoms with E-state index in [4.69, 9.17) is 10.5 Å². The van der Waals surface area contributed by atoms with Crippen molar-refractivity contribution in [2.75, 3.05) is 18.5 Å². The van der Waals surface area contributed by atoms with E-state index in [9.17, 15) is 28.3 Å². The van der Waals surface area contributed by atoms with Gasteiger partial charge in [-0.15, -0.1) is 0 Å². The van der Waals surface area contributed by atoms with Crippen LogP contribution in [0.4, 0.5) is 14.5 Å². The van der Waals surface area contributed by atoms with Gasteiger partial charge in [-0.3, -0.25) is 19.4 Å². The lowest BCUT2D eigenvalue weighted by molar-refractivity contribution is -0.123. The van der Waals surface area contributed by atoms with Crippen LogP contribution < -0.4 is 21.1 Å². The maximum absolute atomic E-state index is 14.5. The number of aryl methyl sites for hydroxylation is 1. The Kier molecular flexibility index (Phi) is 7.07. The number of aromatic nitrogens is 2. The highest BCUT2D eigenvalue weighted by Crippen LogP contribution is 2.45. The molecule has 10 nitrogen and oxygen atoms in total. The van der Waals surface area contributed by atoms with Crippen LogP contribution in [0.2, 0.25) is 0 Å². The third-order valence-corrected chi connectivity index (χ3v) is 8.42. The third kappa shape index (κ3) is 5.46. The quantitative estimate of drug-likeness (QED) is 0.234. The first kappa shape index (κ1) is 30.1. The highest BCUT2D eigenvalue weighted by atomic mass is 19.1. The number of ether oxygens (including phenoxy) is 1. The number of amides is 3. The van der Waals surface area contributed by atoms with Crippen molar-refractivity contribution in [3.63, 3.8) is 0 Å². The van der Waals surface area contributed by atoms with Gasteiger partial charge in [0.15, 0.2) is 5.67 Å². The molecule has 3 amide bonds. The van der Waals surface area contributed by atoms with Crippen molar-refractivity contribution in [3.8, 4) is 17.0 Å². The summed E-state index contributed by atoms with van der Waals surface area (Å²) in [5.41, 5.74) is 3.52. The fraction of sp³-hybridized carbons (Fsp3) is 0.303. The smallest absolute Gasteiger partial charge is 0.262 e. The number of hydrogen-bond donors (Lipinski definition) is 4. The molecule has 45 heavy (non-hydrogen) atoms. The molecule has 232 valence electrons. The Morgan fingerprint density at radius 3 is 2.47 bits per heavy atom. The predicted octanol–water partition coefficient (Wildman–Crippen LogP) is 3.96. The van der Waals surface area contributed by atoms with Crippen LogP contribution in [0.5, 0.6) is 5.75 Å². The summed E-state index contributed by atoms with van der Waals surface area (Å²) >= 11 is 0. The molecule has 2 aliphatic rings. The van der Waals surface area contributed by atoms with Crippen molar-refractivity contribution in [1.82, 2.24) is 15.3 Å². The first-order valence-corrected chi connectivity index (χ1v) is 14.4. The lowest BCUT2D eigenvalue weighted by Gasteiger charge is -2.26. The second-order valence-corrected chi connectivity index (χ2v) is 12.1. The van der Waals surface area contributed by atoms with Gasteiger partial charge in [-0.25, -0.2) is 13.8 Å². The lowest BCUT2D eigenvalue weighted by Crippen LogP contribution is -2.41. The van der Waals surface area contributed by atoms with Crippen LogP contribution in [0.1, 0.15) is 54.0 Å². The number of nitrogens with zero attached hydrogens (tertiary/aromatic N) is 2. The maximum Gasteiger partial charge on any atom is 0.262 e. The van der Waals surface area contributed by atoms with Crippen molar-refractivity contribution >= 4 is 34.3 Å². The number of halogens is 2. The van der Waals surface area contributed by atoms with Crippen LogP contribution in [-0.2, 0) is 20.6 Å². The minimum absolute atomic E-state index is 0.0470. The number of rotatable bonds is 8. The lowest BCUT2D eigenvalue weighted by atomic mass is 9.82. The fourth-order valence-electron chi connectivity index (χ4n) is 5.24. The number of anilines is 1. The molecule has 3 heterocycles. The van der Waals surface area contributed by atoms with Crippen LogP contribution in [-0.4, -0.2) is 51.6 Å². The standard InChI is InChI=1S/C33H31F2N5O5/c1-17-4-5-19-12-20(13-23(25(19)38-17)39-30(43)33(35)10-11-33)28(41)37-15-32(3,44)24-14-22-27(45-16-31(22,2)29(36)42)26(40-24)18-6-8-21(34)9-7-18/h4-9,12-14,44H,10-11,15-16H2,1-3H3,(H2,36,42)(H,37,41)(H,39,43)/t31-,32-/m0/s1. The van der Waals surface area contributed by atoms with Crippen LogP contribution in [0.15, 0.2) is 54.6 Å². The van der Waals surface area contributed by atoms with Gasteiger partial charge in [0.05, 0.1) is 23.4 Å². The van der Waals surface area contributed by atoms with E-state index in [0.717, 1.165) is 0 Å². The molecule has 5 N–H and O–H groups in total. The zero-order valence-electron chi connectivity index (χ0n) is 24.8. The monoisotopic (exact) mass is 615 g/mol. The van der Waals surface area contributed by atoms with Gasteiger partial charge in [-0.2, -0.15) is 0 Å². The Balaban J connectivity index is 1.32. The van der Waals surface area contributed by atoms with Gasteiger partial charge < -0.3 is 26.2 Å². The van der Waals surface area contributed by atoms with Crippen LogP contribution >= 0.6 is 0 Å². The molecule has 1 aliphatic heterocycles. The zero-order valence-corrected chi connectivity index (χ0v) is 24.8. The van der Waals surface area contributed by atoms with Gasteiger partial charge in [0.25, 0.3) is 11.8 Å². The molecule has 6 rings (SSSR count). The molecule has 0 unspecified atom stereocenters. The number of aliphatic hydroxyl groups is 1. The molecule has 0 saturated heterocycles. The molecular weight excluding hydrogens is 584 g/mol. The van der Waals surface area contributed by atoms with Gasteiger partial charge >= 0.3 is 0 Å². The summed E-state index contributed by atoms with van der Waals surface area (Å²) < 4.78 is 34.0. The van der Waals surface area contributed by atoms with E-state index in [-0.39, 0.29) is 48.6 Å². The van der Waals surface area contributed by atoms with E-state index in [1.54, 1.807) is 32.0 Å². The summed E-state index contributed by atoms with van der Waals surface area (Å²) in [6, 6.07) is 13.5. The maximum atomic E-state index is 14.5. The molecule has 2 aromatic heterocycles. The summed E-state index contributed by atoms with van der Waals surface area (Å²) in [6.07, 6.45) is 0.256. The average molecular weight is 616 g/mol. The summed E-state index contributed by atoms with van der Waals surface area (Å²) in [5, 5.41) is 17.4. The van der Waals surface area contributed by atoms with Crippen molar-refractivity contribution in [2.45, 2.75) is 50.3 Å². The van der Waals surface area contributed by atoms with E-state index in [0.29, 0.717) is 33.5 Å². The number of fused-ring (bicyclic) bond motifs is 2. The van der Waals surface area contributed by atoms with Crippen molar-refractivity contribution in [1.29, 1.82) is 0 Å². The molecule has 1 fully saturated rings. The highest BCUT2D eigenvalue weighted by Gasteiger charge is 2.51. The Bertz CT molecular complexity index is 1890. The van der Waals surface area contributed by atoms with Gasteiger partial charge in [-0.1, -0.05) is 6.07 Å². The first-order valence-electron chi connectivity index (χ1n) is 14.4. The molecule has 1 saturated carbocycles. The molecule has 2 aromatic carbocycles. The number of alkyl halides is 1. The normalized spacial score (nSPS) is 19.2. The largest absolute Gasteiger partial charge is 0.489 e. The third-order valence-electron chi connectivity index (χ3n) is 8.42. The van der Waals surface area contributed by atoms with Crippen molar-refractivity contribution < 1.29 is 33.0 Å². The Morgan fingerprint density at radius 2 is 1.80 bits per heavy atom. The molecule has 0 bridgehead atoms. The number of primary amides is 1. The Hall–Kier alpha value is -4.97. The summed E-state index contributed by atoms with van der Waals surface area (Å²) in [4.78, 5) is 47.5. The summed E-state index contributed by atoms with van der Waals surface area (Å²) in [5.74, 6) is -2.18. The molecule has 12 heteroatoms. The van der Waals surface area contributed by atoms with E-state index >= 15 is 0 Å². The molecule has 0 radical (unpaired) electrons. The Morgan fingerprint density at radius 1 is 1.09 bits per heavy atom. The van der Waals surface area contributed by atoms with E-state index in [1.807, 2.05) is 0 Å². The molecule has 2 atom stereocenters. The minimum atomic E-state index is -1.93. The number of carbonyl (C=O) groups is 3. The van der Waals surface area contributed by atoms with Crippen LogP contribution in [0, 0.1) is 12.7 Å². The number of nitrogens with two attached hydrogens (primary N) is 1. The van der Waals surface area contributed by atoms with E-state index in [2.05, 4.69) is 20.6 Å². The highest BCUT2D eigenvalue weighted by molar-refractivity contribution is 6.08. The number of hydrogen-bond acceptors (Lipinski definition) is 7. The van der Waals surface area contributed by atoms with Gasteiger partial charge in [-0.05, 0) is 82.1 Å². The first-order chi connectivity index (χ1) is 21.2. The topological polar surface area (TPSA) is 157 Å². The summed E-state index contributed by atoms with van der Waals surface area (Å²) in [7, 11) is 0. The van der Waals surface area contributed by atoms with Crippen LogP contribution in [0.3, 0.4) is 0 Å². The predicted molar refractivity (Wildman–Crippen MR) is 162 cm³/mol. The fourth-order valence-corrected chi connectivity index (χ4v) is 5.24. The second kappa shape index (κ2) is 10.6. The average Bonchev–Trinajstić information content (AvgIpc) is 3.67. The van der Waals surface area contributed by atoms with Gasteiger partial charge in [0.1, 0.15) is 34.9 Å². The number of nitrogens with one attached hydrogen (secondary N) is 2. The number of benzene rings is 2. The van der Waals surface area contributed by atoms with E-state index in [1.165, 1.54) is 43.3 Å². The van der Waals surface area contributed by atoms with Gasteiger partial charge in [0, 0.05) is 27.8 Å². The van der Waals surface area contributed by atoms with Crippen molar-refractivity contribution in [2.24, 2.45) is 5.73 Å². The number of carbonyl (C=O) groups excluding carboxylic acids is 3. The zero-order chi connectivity index (χ0) is 32.3. The molecular formula is C33H31F2N5O5. The van der Waals surface area contributed by atoms with Crippen LogP contribution in [0.25, 0.3) is 22.2 Å². The van der Waals surface area contributed by atoms with Gasteiger partial charge in [0.2, 0.25) is 5.91 Å². The molecule has 0 spiro atoms. The SMILES string of the molecule is Cc1ccc2cc(C(=O)NC[C@](C)(O)c3cc4c(c(-c5ccc(F)cc5)n3)OC[C@]4(C)C(N)=O)cc(NC(=O)C3(F)CC3)c2n1. The van der Waals surface area contributed by atoms with Crippen molar-refractivity contribution in [3.05, 3.63) is 82.9 Å². The van der Waals surface area contributed by atoms with E-state index < -0.39 is 40.2 Å². The minimum Gasteiger partial charge on any atom is -0.489 e. The number of pyridine rings is 2. The summed E-state index contributed by atoms with van der Waals surface area (Å²) in [6.45, 7) is 4.49. The second-order valence-electron chi connectivity index (χ2n) is 12.1.